The number of ether oxygens (including phenoxy) is 11. The summed E-state index contributed by atoms with van der Waals surface area (Å²) < 4.78 is 59.8. The number of carbonyl (C=O) groups excluding carboxylic acids is 5. The van der Waals surface area contributed by atoms with E-state index in [0.29, 0.717) is 162 Å². The number of amidine groups is 1. The van der Waals surface area contributed by atoms with E-state index < -0.39 is 23.8 Å². The van der Waals surface area contributed by atoms with Gasteiger partial charge in [0, 0.05) is 56.5 Å². The van der Waals surface area contributed by atoms with E-state index in [2.05, 4.69) is 20.9 Å². The van der Waals surface area contributed by atoms with Gasteiger partial charge in [0.05, 0.1) is 144 Å². The first-order chi connectivity index (χ1) is 35.2. The van der Waals surface area contributed by atoms with Crippen LogP contribution in [0.4, 0.5) is 4.79 Å². The fraction of sp³-hybridized carbons (Fsp3) is 0.723. The van der Waals surface area contributed by atoms with E-state index in [-0.39, 0.29) is 51.1 Å². The molecule has 2 heterocycles. The lowest BCUT2D eigenvalue weighted by molar-refractivity contribution is -0.180. The Kier molecular flexibility index (Phi) is 38.3. The van der Waals surface area contributed by atoms with Crippen LogP contribution in [0.2, 0.25) is 0 Å². The normalized spacial score (nSPS) is 13.6. The van der Waals surface area contributed by atoms with Gasteiger partial charge >= 0.3 is 6.09 Å². The highest BCUT2D eigenvalue weighted by Gasteiger charge is 2.25. The molecule has 2 aliphatic heterocycles. The molecule has 410 valence electrons. The first kappa shape index (κ1) is 63.2. The van der Waals surface area contributed by atoms with Crippen molar-refractivity contribution in [3.63, 3.8) is 0 Å². The number of alkyl carbamates (subject to hydrolysis) is 1. The maximum absolute atomic E-state index is 13.1. The summed E-state index contributed by atoms with van der Waals surface area (Å²) in [6.07, 6.45) is 7.77. The Bertz CT molecular complexity index is 1640. The quantitative estimate of drug-likeness (QED) is 0.0239. The molecule has 0 aromatic carbocycles. The van der Waals surface area contributed by atoms with Gasteiger partial charge in [-0.05, 0) is 38.7 Å². The van der Waals surface area contributed by atoms with Gasteiger partial charge < -0.3 is 79.2 Å². The lowest BCUT2D eigenvalue weighted by Gasteiger charge is -2.22. The Labute approximate surface area is 423 Å². The van der Waals surface area contributed by atoms with E-state index >= 15 is 0 Å². The minimum absolute atomic E-state index is 0.119. The molecule has 0 spiro atoms. The number of rotatable bonds is 48. The van der Waals surface area contributed by atoms with Crippen molar-refractivity contribution >= 4 is 41.8 Å². The zero-order valence-corrected chi connectivity index (χ0v) is 42.3. The molecule has 0 bridgehead atoms. The third-order valence-electron chi connectivity index (χ3n) is 9.60. The molecule has 6 N–H and O–H groups in total. The number of aliphatic imine (C=N–C) groups is 1. The molecule has 2 rings (SSSR count). The van der Waals surface area contributed by atoms with Crippen molar-refractivity contribution in [1.29, 1.82) is 5.41 Å². The minimum Gasteiger partial charge on any atom is -0.447 e. The van der Waals surface area contributed by atoms with Crippen LogP contribution in [0.15, 0.2) is 40.2 Å². The highest BCUT2D eigenvalue weighted by Crippen LogP contribution is 2.18. The van der Waals surface area contributed by atoms with E-state index in [1.165, 1.54) is 5.06 Å². The third-order valence-corrected chi connectivity index (χ3v) is 9.60. The topological polar surface area (TPSA) is 301 Å². The molecule has 25 heteroatoms. The number of nitrogens with one attached hydrogen (secondary N) is 4. The Balaban J connectivity index is 1.25. The van der Waals surface area contributed by atoms with E-state index in [1.807, 2.05) is 13.8 Å². The number of unbranched alkanes of at least 4 members (excludes halogenated alkanes) is 2. The van der Waals surface area contributed by atoms with Crippen LogP contribution in [0.25, 0.3) is 0 Å². The standard InChI is InChI=1S/C47H80N8O17/c1-3-13-55(72-4-2)46(59)39-35-40(41(37-48)53-42(49)36-39)50-10-6-5-7-11-52-47(60)71-34-33-70-32-31-69-30-29-68-28-27-67-26-25-66-24-23-65-22-21-64-20-19-63-18-17-62-16-15-61-14-12-51-43(56)38-54-44(57)8-9-45(54)58/h8-9,35,37,48,50H,3-7,10-34,36,38H2,1-2H3,(H2,49,53)(H,51,56)(H,52,60). The fourth-order valence-electron chi connectivity index (χ4n) is 6.10. The lowest BCUT2D eigenvalue weighted by atomic mass is 10.1. The van der Waals surface area contributed by atoms with Gasteiger partial charge in [-0.25, -0.2) is 14.9 Å². The molecule has 0 aliphatic carbocycles. The van der Waals surface area contributed by atoms with Crippen molar-refractivity contribution in [3.8, 4) is 0 Å². The minimum atomic E-state index is -0.511. The number of amides is 5. The lowest BCUT2D eigenvalue weighted by Crippen LogP contribution is -2.41. The number of allylic oxidation sites excluding steroid dienone is 2. The van der Waals surface area contributed by atoms with Gasteiger partial charge in [-0.3, -0.25) is 28.9 Å². The van der Waals surface area contributed by atoms with Gasteiger partial charge in [0.15, 0.2) is 0 Å². The smallest absolute Gasteiger partial charge is 0.407 e. The average molecular weight is 1030 g/mol. The van der Waals surface area contributed by atoms with Crippen molar-refractivity contribution in [2.75, 3.05) is 178 Å². The van der Waals surface area contributed by atoms with Crippen molar-refractivity contribution < 1.29 is 80.9 Å². The van der Waals surface area contributed by atoms with Gasteiger partial charge in [-0.1, -0.05) is 6.92 Å². The van der Waals surface area contributed by atoms with E-state index in [1.54, 1.807) is 6.08 Å². The predicted octanol–water partition coefficient (Wildman–Crippen LogP) is 0.418. The second kappa shape index (κ2) is 43.6. The summed E-state index contributed by atoms with van der Waals surface area (Å²) in [6, 6.07) is 0. The summed E-state index contributed by atoms with van der Waals surface area (Å²) in [5.41, 5.74) is 7.37. The summed E-state index contributed by atoms with van der Waals surface area (Å²) in [4.78, 5) is 70.6. The molecule has 0 radical (unpaired) electrons. The molecule has 25 nitrogen and oxygen atoms in total. The van der Waals surface area contributed by atoms with Gasteiger partial charge in [-0.2, -0.15) is 0 Å². The molecule has 0 saturated carbocycles. The zero-order chi connectivity index (χ0) is 52.1. The van der Waals surface area contributed by atoms with Crippen LogP contribution in [0.1, 0.15) is 46.0 Å². The molecule has 2 aliphatic rings. The predicted molar refractivity (Wildman–Crippen MR) is 262 cm³/mol. The maximum atomic E-state index is 13.1. The molecule has 72 heavy (non-hydrogen) atoms. The van der Waals surface area contributed by atoms with Crippen molar-refractivity contribution in [1.82, 2.24) is 25.9 Å². The number of hydrogen-bond donors (Lipinski definition) is 5. The Hall–Kier alpha value is -4.93. The molecule has 0 fully saturated rings. The van der Waals surface area contributed by atoms with Crippen molar-refractivity contribution in [2.45, 2.75) is 46.0 Å². The largest absolute Gasteiger partial charge is 0.447 e. The van der Waals surface area contributed by atoms with Crippen LogP contribution in [-0.2, 0) is 76.1 Å². The molecule has 0 atom stereocenters. The van der Waals surface area contributed by atoms with Crippen molar-refractivity contribution in [2.24, 2.45) is 10.7 Å². The third kappa shape index (κ3) is 32.2. The SMILES string of the molecule is CCCN(OCC)C(=O)C1=CC(NCCCCCNC(=O)OCCOCCOCCOCCOCCOCCOCCOCCOCCOCCOCCNC(=O)CN2C(=O)C=CC2=O)=C(C=N)N=C(N)C1. The Morgan fingerprint density at radius 1 is 0.653 bits per heavy atom. The monoisotopic (exact) mass is 1030 g/mol. The molecule has 0 unspecified atom stereocenters. The van der Waals surface area contributed by atoms with Crippen LogP contribution in [-0.4, -0.2) is 230 Å². The molecular weight excluding hydrogens is 949 g/mol. The summed E-state index contributed by atoms with van der Waals surface area (Å²) in [6.45, 7) is 13.7. The Morgan fingerprint density at radius 3 is 1.57 bits per heavy atom. The van der Waals surface area contributed by atoms with Crippen LogP contribution < -0.4 is 21.7 Å². The van der Waals surface area contributed by atoms with Crippen molar-refractivity contribution in [3.05, 3.63) is 35.2 Å². The van der Waals surface area contributed by atoms with E-state index in [9.17, 15) is 24.0 Å². The molecule has 0 aromatic heterocycles. The van der Waals surface area contributed by atoms with Gasteiger partial charge in [0.1, 0.15) is 24.7 Å². The average Bonchev–Trinajstić information content (AvgIpc) is 3.58. The first-order valence-corrected chi connectivity index (χ1v) is 24.6. The van der Waals surface area contributed by atoms with E-state index in [0.717, 1.165) is 48.9 Å². The van der Waals surface area contributed by atoms with Crippen LogP contribution in [0.3, 0.4) is 0 Å². The number of hydroxylamine groups is 2. The number of hydrogen-bond acceptors (Lipinski definition) is 21. The first-order valence-electron chi connectivity index (χ1n) is 24.6. The number of nitrogens with zero attached hydrogens (tertiary/aromatic N) is 3. The fourth-order valence-corrected chi connectivity index (χ4v) is 6.10. The summed E-state index contributed by atoms with van der Waals surface area (Å²) in [5, 5.41) is 17.7. The number of nitrogens with two attached hydrogens (primary N) is 1. The van der Waals surface area contributed by atoms with E-state index in [4.69, 9.17) is 68.1 Å². The van der Waals surface area contributed by atoms with Crippen LogP contribution in [0, 0.1) is 5.41 Å². The summed E-state index contributed by atoms with van der Waals surface area (Å²) in [7, 11) is 0. The summed E-state index contributed by atoms with van der Waals surface area (Å²) in [5.74, 6) is -1.47. The zero-order valence-electron chi connectivity index (χ0n) is 42.3. The summed E-state index contributed by atoms with van der Waals surface area (Å²) >= 11 is 0. The van der Waals surface area contributed by atoms with Crippen LogP contribution in [0.5, 0.6) is 0 Å². The number of imide groups is 1. The molecule has 5 amide bonds. The maximum Gasteiger partial charge on any atom is 0.407 e. The molecule has 0 aromatic rings. The van der Waals surface area contributed by atoms with Gasteiger partial charge in [-0.15, -0.1) is 0 Å². The molecular formula is C47H80N8O17. The van der Waals surface area contributed by atoms with Gasteiger partial charge in [0.2, 0.25) is 5.91 Å². The Morgan fingerprint density at radius 2 is 1.11 bits per heavy atom. The van der Waals surface area contributed by atoms with Crippen LogP contribution >= 0.6 is 0 Å². The second-order valence-corrected chi connectivity index (χ2v) is 15.3. The number of carbonyl (C=O) groups is 5. The highest BCUT2D eigenvalue weighted by atomic mass is 16.7. The highest BCUT2D eigenvalue weighted by molar-refractivity contribution is 6.14. The molecule has 0 saturated heterocycles. The van der Waals surface area contributed by atoms with Gasteiger partial charge in [0.25, 0.3) is 17.7 Å². The second-order valence-electron chi connectivity index (χ2n) is 15.3.